The highest BCUT2D eigenvalue weighted by molar-refractivity contribution is 14.0. The van der Waals surface area contributed by atoms with E-state index in [2.05, 4.69) is 51.2 Å². The zero-order valence-electron chi connectivity index (χ0n) is 14.3. The molecule has 1 aromatic rings. The monoisotopic (exact) mass is 436 g/mol. The van der Waals surface area contributed by atoms with E-state index in [4.69, 9.17) is 4.74 Å². The number of aliphatic imine (C=N–C) groups is 1. The number of aromatic nitrogens is 3. The van der Waals surface area contributed by atoms with Gasteiger partial charge in [-0.05, 0) is 26.7 Å². The lowest BCUT2D eigenvalue weighted by atomic mass is 10.2. The summed E-state index contributed by atoms with van der Waals surface area (Å²) in [6.45, 7) is 9.51. The van der Waals surface area contributed by atoms with Crippen molar-refractivity contribution in [2.24, 2.45) is 4.99 Å². The van der Waals surface area contributed by atoms with Crippen LogP contribution in [0.15, 0.2) is 11.3 Å². The molecule has 1 aromatic heterocycles. The molecule has 1 saturated heterocycles. The first-order valence-corrected chi connectivity index (χ1v) is 8.22. The summed E-state index contributed by atoms with van der Waals surface area (Å²) in [5.41, 5.74) is 0. The molecule has 1 unspecified atom stereocenters. The number of nitrogens with zero attached hydrogens (tertiary/aromatic N) is 4. The fourth-order valence-corrected chi connectivity index (χ4v) is 2.44. The minimum absolute atomic E-state index is 0. The smallest absolute Gasteiger partial charge is 0.191 e. The predicted molar refractivity (Wildman–Crippen MR) is 102 cm³/mol. The van der Waals surface area contributed by atoms with Gasteiger partial charge in [-0.1, -0.05) is 6.92 Å². The Morgan fingerprint density at radius 2 is 2.35 bits per heavy atom. The van der Waals surface area contributed by atoms with Crippen molar-refractivity contribution in [3.8, 4) is 0 Å². The minimum atomic E-state index is 0. The van der Waals surface area contributed by atoms with Gasteiger partial charge in [-0.25, -0.2) is 0 Å². The Balaban J connectivity index is 0.00000264. The summed E-state index contributed by atoms with van der Waals surface area (Å²) in [5, 5.41) is 14.8. The van der Waals surface area contributed by atoms with Crippen LogP contribution in [0.25, 0.3) is 0 Å². The molecular weight excluding hydrogens is 407 g/mol. The van der Waals surface area contributed by atoms with E-state index in [-0.39, 0.29) is 30.1 Å². The maximum atomic E-state index is 5.62. The molecule has 1 aliphatic rings. The zero-order chi connectivity index (χ0) is 15.8. The average molecular weight is 436 g/mol. The van der Waals surface area contributed by atoms with Crippen LogP contribution in [-0.4, -0.2) is 52.6 Å². The third-order valence-electron chi connectivity index (χ3n) is 3.56. The van der Waals surface area contributed by atoms with Gasteiger partial charge < -0.3 is 19.9 Å². The van der Waals surface area contributed by atoms with E-state index in [1.807, 2.05) is 0 Å². The van der Waals surface area contributed by atoms with E-state index in [1.54, 1.807) is 6.33 Å². The normalized spacial score (nSPS) is 18.1. The summed E-state index contributed by atoms with van der Waals surface area (Å²) in [5.74, 6) is 1.85. The Hall–Kier alpha value is -0.900. The van der Waals surface area contributed by atoms with E-state index >= 15 is 0 Å². The number of rotatable bonds is 7. The lowest BCUT2D eigenvalue weighted by Crippen LogP contribution is -2.42. The topological polar surface area (TPSA) is 76.4 Å². The van der Waals surface area contributed by atoms with Crippen molar-refractivity contribution in [3.05, 3.63) is 12.2 Å². The van der Waals surface area contributed by atoms with Crippen molar-refractivity contribution in [1.82, 2.24) is 25.4 Å². The van der Waals surface area contributed by atoms with Gasteiger partial charge >= 0.3 is 0 Å². The molecule has 2 heterocycles. The Kier molecular flexibility index (Phi) is 9.46. The summed E-state index contributed by atoms with van der Waals surface area (Å²) in [4.78, 5) is 4.64. The van der Waals surface area contributed by atoms with Gasteiger partial charge in [0, 0.05) is 32.2 Å². The van der Waals surface area contributed by atoms with Crippen LogP contribution < -0.4 is 10.6 Å². The molecule has 2 N–H and O–H groups in total. The lowest BCUT2D eigenvalue weighted by Gasteiger charge is -2.16. The van der Waals surface area contributed by atoms with E-state index in [1.165, 1.54) is 0 Å². The Labute approximate surface area is 155 Å². The molecule has 1 fully saturated rings. The first-order valence-electron chi connectivity index (χ1n) is 8.22. The van der Waals surface area contributed by atoms with Crippen LogP contribution in [-0.2, 0) is 17.7 Å². The third kappa shape index (κ3) is 7.03. The van der Waals surface area contributed by atoms with Crippen molar-refractivity contribution in [2.45, 2.75) is 58.7 Å². The minimum Gasteiger partial charge on any atom is -0.376 e. The molecule has 1 aliphatic heterocycles. The molecule has 132 valence electrons. The van der Waals surface area contributed by atoms with Crippen molar-refractivity contribution >= 4 is 29.9 Å². The number of ether oxygens (including phenoxy) is 1. The average Bonchev–Trinajstić information content (AvgIpc) is 3.15. The van der Waals surface area contributed by atoms with Crippen LogP contribution in [0.5, 0.6) is 0 Å². The fraction of sp³-hybridized carbons (Fsp3) is 0.800. The summed E-state index contributed by atoms with van der Waals surface area (Å²) in [6, 6.07) is 0.344. The molecule has 1 atom stereocenters. The Morgan fingerprint density at radius 1 is 1.52 bits per heavy atom. The van der Waals surface area contributed by atoms with Gasteiger partial charge in [-0.3, -0.25) is 4.99 Å². The highest BCUT2D eigenvalue weighted by Gasteiger charge is 2.15. The number of guanidine groups is 1. The summed E-state index contributed by atoms with van der Waals surface area (Å²) < 4.78 is 7.69. The molecule has 23 heavy (non-hydrogen) atoms. The van der Waals surface area contributed by atoms with Gasteiger partial charge in [0.05, 0.1) is 12.6 Å². The molecule has 0 aromatic carbocycles. The van der Waals surface area contributed by atoms with Gasteiger partial charge in [0.2, 0.25) is 0 Å². The molecule has 7 nitrogen and oxygen atoms in total. The van der Waals surface area contributed by atoms with Gasteiger partial charge in [0.25, 0.3) is 0 Å². The van der Waals surface area contributed by atoms with Gasteiger partial charge in [-0.2, -0.15) is 0 Å². The number of halogens is 1. The fourth-order valence-electron chi connectivity index (χ4n) is 2.44. The number of hydrogen-bond acceptors (Lipinski definition) is 4. The predicted octanol–water partition coefficient (Wildman–Crippen LogP) is 1.58. The van der Waals surface area contributed by atoms with E-state index in [0.29, 0.717) is 6.04 Å². The van der Waals surface area contributed by atoms with Crippen LogP contribution in [0.3, 0.4) is 0 Å². The number of hydrogen-bond donors (Lipinski definition) is 2. The highest BCUT2D eigenvalue weighted by atomic mass is 127. The maximum Gasteiger partial charge on any atom is 0.191 e. The second-order valence-electron chi connectivity index (χ2n) is 5.84. The highest BCUT2D eigenvalue weighted by Crippen LogP contribution is 2.11. The van der Waals surface area contributed by atoms with E-state index in [0.717, 1.165) is 57.3 Å². The van der Waals surface area contributed by atoms with Gasteiger partial charge in [-0.15, -0.1) is 34.2 Å². The standard InChI is InChI=1S/C15H28N6O.HI/c1-4-14-20-18-11-21(14)8-7-16-15(19-12(2)3)17-10-13-6-5-9-22-13;/h11-13H,4-10H2,1-3H3,(H2,16,17,19);1H. The Morgan fingerprint density at radius 3 is 3.00 bits per heavy atom. The molecule has 8 heteroatoms. The largest absolute Gasteiger partial charge is 0.376 e. The van der Waals surface area contributed by atoms with Crippen molar-refractivity contribution in [3.63, 3.8) is 0 Å². The van der Waals surface area contributed by atoms with Crippen LogP contribution in [0, 0.1) is 0 Å². The summed E-state index contributed by atoms with van der Waals surface area (Å²) in [7, 11) is 0. The lowest BCUT2D eigenvalue weighted by molar-refractivity contribution is 0.117. The molecule has 0 bridgehead atoms. The molecular formula is C15H29IN6O. The van der Waals surface area contributed by atoms with E-state index in [9.17, 15) is 0 Å². The second kappa shape index (κ2) is 10.8. The Bertz CT molecular complexity index is 470. The van der Waals surface area contributed by atoms with Gasteiger partial charge in [0.1, 0.15) is 12.2 Å². The van der Waals surface area contributed by atoms with Crippen molar-refractivity contribution in [1.29, 1.82) is 0 Å². The SMILES string of the molecule is CCc1nncn1CCNC(=NCC1CCCO1)NC(C)C.I. The van der Waals surface area contributed by atoms with Crippen LogP contribution in [0.2, 0.25) is 0 Å². The first kappa shape index (κ1) is 20.1. The molecule has 2 rings (SSSR count). The zero-order valence-corrected chi connectivity index (χ0v) is 16.6. The summed E-state index contributed by atoms with van der Waals surface area (Å²) >= 11 is 0. The third-order valence-corrected chi connectivity index (χ3v) is 3.56. The quantitative estimate of drug-likeness (QED) is 0.386. The molecule has 0 amide bonds. The van der Waals surface area contributed by atoms with Crippen LogP contribution >= 0.6 is 24.0 Å². The molecule has 0 aliphatic carbocycles. The first-order chi connectivity index (χ1) is 10.7. The van der Waals surface area contributed by atoms with Crippen LogP contribution in [0.1, 0.15) is 39.4 Å². The second-order valence-corrected chi connectivity index (χ2v) is 5.84. The van der Waals surface area contributed by atoms with Crippen molar-refractivity contribution in [2.75, 3.05) is 19.7 Å². The molecule has 0 radical (unpaired) electrons. The van der Waals surface area contributed by atoms with Crippen molar-refractivity contribution < 1.29 is 4.74 Å². The summed E-state index contributed by atoms with van der Waals surface area (Å²) in [6.07, 6.45) is 5.20. The van der Waals surface area contributed by atoms with E-state index < -0.39 is 0 Å². The van der Waals surface area contributed by atoms with Crippen LogP contribution in [0.4, 0.5) is 0 Å². The maximum absolute atomic E-state index is 5.62. The molecule has 0 spiro atoms. The molecule has 0 saturated carbocycles. The number of aryl methyl sites for hydroxylation is 1. The number of nitrogens with one attached hydrogen (secondary N) is 2. The van der Waals surface area contributed by atoms with Gasteiger partial charge in [0.15, 0.2) is 5.96 Å².